The van der Waals surface area contributed by atoms with Gasteiger partial charge in [0.2, 0.25) is 10.0 Å². The zero-order valence-electron chi connectivity index (χ0n) is 11.0. The Hall–Kier alpha value is -0.130. The second-order valence-corrected chi connectivity index (χ2v) is 6.24. The van der Waals surface area contributed by atoms with Crippen molar-refractivity contribution in [1.82, 2.24) is 10.0 Å². The van der Waals surface area contributed by atoms with E-state index in [9.17, 15) is 8.42 Å². The van der Waals surface area contributed by atoms with Crippen LogP contribution < -0.4 is 10.0 Å². The van der Waals surface area contributed by atoms with E-state index in [2.05, 4.69) is 10.0 Å². The van der Waals surface area contributed by atoms with E-state index in [4.69, 9.17) is 0 Å². The van der Waals surface area contributed by atoms with Crippen molar-refractivity contribution in [1.29, 1.82) is 0 Å². The lowest BCUT2D eigenvalue weighted by atomic mass is 9.98. The van der Waals surface area contributed by atoms with Crippen molar-refractivity contribution in [2.24, 2.45) is 0 Å². The Labute approximate surface area is 100 Å². The highest BCUT2D eigenvalue weighted by Gasteiger charge is 2.25. The second kappa shape index (κ2) is 7.25. The summed E-state index contributed by atoms with van der Waals surface area (Å²) < 4.78 is 26.4. The summed E-state index contributed by atoms with van der Waals surface area (Å²) >= 11 is 0. The summed E-state index contributed by atoms with van der Waals surface area (Å²) in [5, 5.41) is 3.12. The van der Waals surface area contributed by atoms with Gasteiger partial charge in [0.25, 0.3) is 0 Å². The van der Waals surface area contributed by atoms with Gasteiger partial charge in [-0.3, -0.25) is 0 Å². The SMILES string of the molecule is CCNCCCS(=O)(=O)NC(C)(CC)CC. The van der Waals surface area contributed by atoms with Crippen LogP contribution in [0, 0.1) is 0 Å². The van der Waals surface area contributed by atoms with Gasteiger partial charge >= 0.3 is 0 Å². The van der Waals surface area contributed by atoms with Crippen LogP contribution in [0.4, 0.5) is 0 Å². The van der Waals surface area contributed by atoms with Crippen LogP contribution in [-0.4, -0.2) is 32.8 Å². The Balaban J connectivity index is 4.14. The molecule has 0 rings (SSSR count). The summed E-state index contributed by atoms with van der Waals surface area (Å²) in [6.07, 6.45) is 2.29. The standard InChI is InChI=1S/C11H26N2O2S/c1-5-11(4,6-2)13-16(14,15)10-8-9-12-7-3/h12-13H,5-10H2,1-4H3. The molecular formula is C11H26N2O2S. The molecule has 4 nitrogen and oxygen atoms in total. The molecule has 0 aliphatic heterocycles. The average molecular weight is 250 g/mol. The normalized spacial score (nSPS) is 13.0. The summed E-state index contributed by atoms with van der Waals surface area (Å²) in [5.41, 5.74) is -0.295. The Bertz CT molecular complexity index is 272. The molecule has 0 fully saturated rings. The lowest BCUT2D eigenvalue weighted by Gasteiger charge is -2.27. The van der Waals surface area contributed by atoms with E-state index in [1.807, 2.05) is 27.7 Å². The summed E-state index contributed by atoms with van der Waals surface area (Å²) in [6, 6.07) is 0. The fourth-order valence-electron chi connectivity index (χ4n) is 1.38. The third-order valence-corrected chi connectivity index (χ3v) is 4.61. The molecule has 0 aromatic heterocycles. The van der Waals surface area contributed by atoms with Crippen LogP contribution in [0.2, 0.25) is 0 Å². The molecule has 98 valence electrons. The van der Waals surface area contributed by atoms with Gasteiger partial charge in [0, 0.05) is 5.54 Å². The fraction of sp³-hybridized carbons (Fsp3) is 1.00. The molecule has 0 aliphatic rings. The van der Waals surface area contributed by atoms with Crippen molar-refractivity contribution in [3.8, 4) is 0 Å². The van der Waals surface area contributed by atoms with E-state index in [1.54, 1.807) is 0 Å². The van der Waals surface area contributed by atoms with Gasteiger partial charge in [0.15, 0.2) is 0 Å². The van der Waals surface area contributed by atoms with Gasteiger partial charge in [0.05, 0.1) is 5.75 Å². The first-order valence-electron chi connectivity index (χ1n) is 6.11. The zero-order chi connectivity index (χ0) is 12.7. The van der Waals surface area contributed by atoms with Crippen LogP contribution in [0.25, 0.3) is 0 Å². The van der Waals surface area contributed by atoms with Crippen LogP contribution in [-0.2, 0) is 10.0 Å². The van der Waals surface area contributed by atoms with E-state index in [0.29, 0.717) is 6.42 Å². The minimum absolute atomic E-state index is 0.204. The quantitative estimate of drug-likeness (QED) is 0.610. The molecule has 0 atom stereocenters. The van der Waals surface area contributed by atoms with Crippen LogP contribution in [0.5, 0.6) is 0 Å². The van der Waals surface area contributed by atoms with Crippen molar-refractivity contribution in [3.05, 3.63) is 0 Å². The Morgan fingerprint density at radius 3 is 2.12 bits per heavy atom. The third-order valence-electron chi connectivity index (χ3n) is 2.98. The molecule has 2 N–H and O–H groups in total. The first kappa shape index (κ1) is 15.9. The predicted molar refractivity (Wildman–Crippen MR) is 69.1 cm³/mol. The maximum atomic E-state index is 11.8. The molecule has 0 bridgehead atoms. The van der Waals surface area contributed by atoms with E-state index in [0.717, 1.165) is 25.9 Å². The maximum absolute atomic E-state index is 11.8. The van der Waals surface area contributed by atoms with Gasteiger partial charge in [-0.25, -0.2) is 13.1 Å². The molecule has 0 saturated carbocycles. The summed E-state index contributed by atoms with van der Waals surface area (Å²) in [7, 11) is -3.13. The molecule has 0 aromatic carbocycles. The van der Waals surface area contributed by atoms with E-state index in [1.165, 1.54) is 0 Å². The monoisotopic (exact) mass is 250 g/mol. The van der Waals surface area contributed by atoms with Gasteiger partial charge in [-0.15, -0.1) is 0 Å². The maximum Gasteiger partial charge on any atom is 0.212 e. The average Bonchev–Trinajstić information content (AvgIpc) is 2.24. The zero-order valence-corrected chi connectivity index (χ0v) is 11.8. The molecule has 5 heteroatoms. The molecule has 0 amide bonds. The molecule has 0 aromatic rings. The van der Waals surface area contributed by atoms with E-state index in [-0.39, 0.29) is 11.3 Å². The van der Waals surface area contributed by atoms with Gasteiger partial charge in [-0.2, -0.15) is 0 Å². The number of hydrogen-bond acceptors (Lipinski definition) is 3. The van der Waals surface area contributed by atoms with Gasteiger partial charge in [0.1, 0.15) is 0 Å². The second-order valence-electron chi connectivity index (χ2n) is 4.40. The molecule has 0 aliphatic carbocycles. The van der Waals surface area contributed by atoms with E-state index < -0.39 is 10.0 Å². The number of rotatable bonds is 9. The van der Waals surface area contributed by atoms with Crippen LogP contribution in [0.1, 0.15) is 47.0 Å². The predicted octanol–water partition coefficient (Wildman–Crippen LogP) is 1.48. The number of hydrogen-bond donors (Lipinski definition) is 2. The first-order chi connectivity index (χ1) is 7.39. The molecule has 0 unspecified atom stereocenters. The third kappa shape index (κ3) is 6.45. The molecule has 0 spiro atoms. The summed E-state index contributed by atoms with van der Waals surface area (Å²) in [5.74, 6) is 0.204. The lowest BCUT2D eigenvalue weighted by Crippen LogP contribution is -2.46. The van der Waals surface area contributed by atoms with Crippen molar-refractivity contribution >= 4 is 10.0 Å². The fourth-order valence-corrected chi connectivity index (χ4v) is 3.05. The van der Waals surface area contributed by atoms with Gasteiger partial charge < -0.3 is 5.32 Å². The summed E-state index contributed by atoms with van der Waals surface area (Å²) in [6.45, 7) is 9.61. The molecular weight excluding hydrogens is 224 g/mol. The Morgan fingerprint density at radius 2 is 1.69 bits per heavy atom. The smallest absolute Gasteiger partial charge is 0.212 e. The van der Waals surface area contributed by atoms with Gasteiger partial charge in [-0.1, -0.05) is 20.8 Å². The van der Waals surface area contributed by atoms with Crippen LogP contribution in [0.3, 0.4) is 0 Å². The Kier molecular flexibility index (Phi) is 7.19. The molecule has 0 heterocycles. The Morgan fingerprint density at radius 1 is 1.12 bits per heavy atom. The van der Waals surface area contributed by atoms with Crippen LogP contribution in [0.15, 0.2) is 0 Å². The highest BCUT2D eigenvalue weighted by molar-refractivity contribution is 7.89. The lowest BCUT2D eigenvalue weighted by molar-refractivity contribution is 0.388. The minimum atomic E-state index is -3.13. The van der Waals surface area contributed by atoms with Crippen molar-refractivity contribution in [2.45, 2.75) is 52.5 Å². The molecule has 0 saturated heterocycles. The highest BCUT2D eigenvalue weighted by Crippen LogP contribution is 2.15. The summed E-state index contributed by atoms with van der Waals surface area (Å²) in [4.78, 5) is 0. The van der Waals surface area contributed by atoms with Crippen molar-refractivity contribution in [2.75, 3.05) is 18.8 Å². The van der Waals surface area contributed by atoms with Gasteiger partial charge in [-0.05, 0) is 39.3 Å². The first-order valence-corrected chi connectivity index (χ1v) is 7.76. The molecule has 16 heavy (non-hydrogen) atoms. The van der Waals surface area contributed by atoms with E-state index >= 15 is 0 Å². The van der Waals surface area contributed by atoms with Crippen molar-refractivity contribution in [3.63, 3.8) is 0 Å². The largest absolute Gasteiger partial charge is 0.317 e. The topological polar surface area (TPSA) is 58.2 Å². The molecule has 0 radical (unpaired) electrons. The highest BCUT2D eigenvalue weighted by atomic mass is 32.2. The number of sulfonamides is 1. The minimum Gasteiger partial charge on any atom is -0.317 e. The van der Waals surface area contributed by atoms with Crippen molar-refractivity contribution < 1.29 is 8.42 Å². The van der Waals surface area contributed by atoms with Crippen LogP contribution >= 0.6 is 0 Å². The number of nitrogens with one attached hydrogen (secondary N) is 2.